The van der Waals surface area contributed by atoms with Gasteiger partial charge in [-0.15, -0.1) is 0 Å². The standard InChI is InChI=1S/C10H20N2O3/c1-5-6-7-11-8(13)12(15)9(2,3)10(11,4)14/h14-15H,5-7H2,1-4H3/t10-/m1/s1. The van der Waals surface area contributed by atoms with Crippen LogP contribution >= 0.6 is 0 Å². The lowest BCUT2D eigenvalue weighted by molar-refractivity contribution is -0.169. The summed E-state index contributed by atoms with van der Waals surface area (Å²) >= 11 is 0. The molecule has 0 aromatic rings. The predicted molar refractivity (Wildman–Crippen MR) is 55.3 cm³/mol. The molecule has 0 bridgehead atoms. The van der Waals surface area contributed by atoms with Crippen LogP contribution in [0.1, 0.15) is 40.5 Å². The molecule has 0 saturated carbocycles. The van der Waals surface area contributed by atoms with E-state index >= 15 is 0 Å². The molecule has 1 fully saturated rings. The molecule has 1 heterocycles. The fourth-order valence-electron chi connectivity index (χ4n) is 1.70. The van der Waals surface area contributed by atoms with Gasteiger partial charge in [-0.2, -0.15) is 5.06 Å². The summed E-state index contributed by atoms with van der Waals surface area (Å²) in [6, 6.07) is -0.529. The van der Waals surface area contributed by atoms with Crippen molar-refractivity contribution >= 4 is 6.03 Å². The molecule has 5 heteroatoms. The molecule has 1 aliphatic rings. The number of nitrogens with zero attached hydrogens (tertiary/aromatic N) is 2. The van der Waals surface area contributed by atoms with Crippen LogP contribution in [-0.2, 0) is 0 Å². The van der Waals surface area contributed by atoms with Crippen molar-refractivity contribution < 1.29 is 15.1 Å². The van der Waals surface area contributed by atoms with E-state index in [0.717, 1.165) is 12.8 Å². The number of hydroxylamine groups is 2. The average Bonchev–Trinajstić information content (AvgIpc) is 2.25. The summed E-state index contributed by atoms with van der Waals surface area (Å²) in [6.07, 6.45) is 1.75. The molecule has 2 N–H and O–H groups in total. The normalized spacial score (nSPS) is 30.1. The van der Waals surface area contributed by atoms with Crippen LogP contribution in [0.2, 0.25) is 0 Å². The summed E-state index contributed by atoms with van der Waals surface area (Å²) in [5.74, 6) is 0. The smallest absolute Gasteiger partial charge is 0.346 e. The molecule has 1 atom stereocenters. The minimum absolute atomic E-state index is 0.461. The maximum Gasteiger partial charge on any atom is 0.346 e. The van der Waals surface area contributed by atoms with Gasteiger partial charge in [0.15, 0.2) is 5.72 Å². The summed E-state index contributed by atoms with van der Waals surface area (Å²) in [4.78, 5) is 13.0. The minimum atomic E-state index is -1.34. The third kappa shape index (κ3) is 1.59. The molecule has 88 valence electrons. The van der Waals surface area contributed by atoms with Crippen molar-refractivity contribution in [2.24, 2.45) is 0 Å². The summed E-state index contributed by atoms with van der Waals surface area (Å²) in [5.41, 5.74) is -2.33. The summed E-state index contributed by atoms with van der Waals surface area (Å²) in [7, 11) is 0. The van der Waals surface area contributed by atoms with Gasteiger partial charge in [0.2, 0.25) is 0 Å². The topological polar surface area (TPSA) is 64.0 Å². The quantitative estimate of drug-likeness (QED) is 0.701. The SMILES string of the molecule is CCCCN1C(=O)N(O)C(C)(C)[C@@]1(C)O. The Balaban J connectivity index is 2.93. The Labute approximate surface area is 90.2 Å². The lowest BCUT2D eigenvalue weighted by atomic mass is 9.93. The highest BCUT2D eigenvalue weighted by molar-refractivity contribution is 5.78. The highest BCUT2D eigenvalue weighted by Crippen LogP contribution is 2.38. The van der Waals surface area contributed by atoms with Crippen molar-refractivity contribution in [2.75, 3.05) is 6.54 Å². The molecule has 0 spiro atoms. The minimum Gasteiger partial charge on any atom is -0.369 e. The molecule has 0 radical (unpaired) electrons. The molecule has 1 aliphatic heterocycles. The number of amides is 2. The number of carbonyl (C=O) groups excluding carboxylic acids is 1. The Bertz CT molecular complexity index is 263. The summed E-state index contributed by atoms with van der Waals surface area (Å²) in [5, 5.41) is 20.5. The van der Waals surface area contributed by atoms with E-state index in [4.69, 9.17) is 0 Å². The zero-order valence-electron chi connectivity index (χ0n) is 9.82. The molecule has 2 amide bonds. The van der Waals surface area contributed by atoms with Gasteiger partial charge in [-0.3, -0.25) is 10.1 Å². The van der Waals surface area contributed by atoms with Gasteiger partial charge in [0.25, 0.3) is 0 Å². The van der Waals surface area contributed by atoms with Crippen molar-refractivity contribution in [3.63, 3.8) is 0 Å². The lowest BCUT2D eigenvalue weighted by Crippen LogP contribution is -2.55. The van der Waals surface area contributed by atoms with E-state index in [1.807, 2.05) is 6.92 Å². The van der Waals surface area contributed by atoms with Gasteiger partial charge < -0.3 is 5.11 Å². The van der Waals surface area contributed by atoms with E-state index in [1.54, 1.807) is 20.8 Å². The Morgan fingerprint density at radius 1 is 1.33 bits per heavy atom. The molecule has 1 saturated heterocycles. The van der Waals surface area contributed by atoms with Gasteiger partial charge >= 0.3 is 6.03 Å². The Morgan fingerprint density at radius 2 is 1.87 bits per heavy atom. The number of unbranched alkanes of at least 4 members (excludes halogenated alkanes) is 1. The lowest BCUT2D eigenvalue weighted by Gasteiger charge is -2.37. The van der Waals surface area contributed by atoms with Crippen LogP contribution in [-0.4, -0.2) is 44.1 Å². The first-order valence-electron chi connectivity index (χ1n) is 5.30. The van der Waals surface area contributed by atoms with Gasteiger partial charge in [-0.1, -0.05) is 13.3 Å². The number of rotatable bonds is 3. The van der Waals surface area contributed by atoms with Crippen molar-refractivity contribution in [3.05, 3.63) is 0 Å². The van der Waals surface area contributed by atoms with E-state index in [-0.39, 0.29) is 0 Å². The van der Waals surface area contributed by atoms with Crippen LogP contribution < -0.4 is 0 Å². The monoisotopic (exact) mass is 216 g/mol. The highest BCUT2D eigenvalue weighted by atomic mass is 16.5. The zero-order chi connectivity index (χ0) is 11.9. The summed E-state index contributed by atoms with van der Waals surface area (Å²) < 4.78 is 0. The van der Waals surface area contributed by atoms with Gasteiger partial charge in [-0.25, -0.2) is 4.79 Å². The predicted octanol–water partition coefficient (Wildman–Crippen LogP) is 1.40. The molecule has 1 rings (SSSR count). The molecule has 0 aliphatic carbocycles. The molecule has 5 nitrogen and oxygen atoms in total. The van der Waals surface area contributed by atoms with Gasteiger partial charge in [-0.05, 0) is 27.2 Å². The van der Waals surface area contributed by atoms with Crippen LogP contribution in [0, 0.1) is 0 Å². The second-order valence-electron chi connectivity index (χ2n) is 4.68. The van der Waals surface area contributed by atoms with E-state index in [1.165, 1.54) is 4.90 Å². The second-order valence-corrected chi connectivity index (χ2v) is 4.68. The van der Waals surface area contributed by atoms with E-state index in [9.17, 15) is 15.1 Å². The van der Waals surface area contributed by atoms with Crippen LogP contribution in [0.3, 0.4) is 0 Å². The number of urea groups is 1. The number of carbonyl (C=O) groups is 1. The van der Waals surface area contributed by atoms with Crippen LogP contribution in [0.25, 0.3) is 0 Å². The van der Waals surface area contributed by atoms with Gasteiger partial charge in [0.1, 0.15) is 5.54 Å². The first kappa shape index (κ1) is 12.3. The largest absolute Gasteiger partial charge is 0.369 e. The van der Waals surface area contributed by atoms with Gasteiger partial charge in [0, 0.05) is 6.54 Å². The molecule has 0 aromatic heterocycles. The number of hydrogen-bond acceptors (Lipinski definition) is 3. The fraction of sp³-hybridized carbons (Fsp3) is 0.900. The molecule has 0 aromatic carbocycles. The second kappa shape index (κ2) is 3.64. The number of hydrogen-bond donors (Lipinski definition) is 2. The molecule has 0 unspecified atom stereocenters. The molecular weight excluding hydrogens is 196 g/mol. The van der Waals surface area contributed by atoms with E-state index < -0.39 is 17.3 Å². The van der Waals surface area contributed by atoms with Gasteiger partial charge in [0.05, 0.1) is 0 Å². The fourth-order valence-corrected chi connectivity index (χ4v) is 1.70. The van der Waals surface area contributed by atoms with Crippen LogP contribution in [0.15, 0.2) is 0 Å². The average molecular weight is 216 g/mol. The van der Waals surface area contributed by atoms with E-state index in [2.05, 4.69) is 0 Å². The zero-order valence-corrected chi connectivity index (χ0v) is 9.82. The first-order valence-corrected chi connectivity index (χ1v) is 5.30. The molecule has 15 heavy (non-hydrogen) atoms. The maximum absolute atomic E-state index is 11.7. The Hall–Kier alpha value is -0.810. The van der Waals surface area contributed by atoms with Crippen LogP contribution in [0.4, 0.5) is 4.79 Å². The summed E-state index contributed by atoms with van der Waals surface area (Å²) in [6.45, 7) is 7.30. The van der Waals surface area contributed by atoms with Crippen molar-refractivity contribution in [1.29, 1.82) is 0 Å². The highest BCUT2D eigenvalue weighted by Gasteiger charge is 2.59. The van der Waals surface area contributed by atoms with Crippen LogP contribution in [0.5, 0.6) is 0 Å². The van der Waals surface area contributed by atoms with Crippen molar-refractivity contribution in [3.8, 4) is 0 Å². The number of aliphatic hydroxyl groups is 1. The third-order valence-corrected chi connectivity index (χ3v) is 3.36. The third-order valence-electron chi connectivity index (χ3n) is 3.36. The van der Waals surface area contributed by atoms with Crippen molar-refractivity contribution in [1.82, 2.24) is 9.96 Å². The Morgan fingerprint density at radius 3 is 2.20 bits per heavy atom. The maximum atomic E-state index is 11.7. The van der Waals surface area contributed by atoms with E-state index in [0.29, 0.717) is 11.6 Å². The van der Waals surface area contributed by atoms with Crippen molar-refractivity contribution in [2.45, 2.75) is 51.8 Å². The molecular formula is C10H20N2O3. The first-order chi connectivity index (χ1) is 6.76. The Kier molecular flexibility index (Phi) is 2.98.